The van der Waals surface area contributed by atoms with E-state index in [2.05, 4.69) is 10.2 Å². The van der Waals surface area contributed by atoms with Gasteiger partial charge >= 0.3 is 0 Å². The van der Waals surface area contributed by atoms with E-state index in [9.17, 15) is 14.5 Å². The van der Waals surface area contributed by atoms with E-state index in [1.54, 1.807) is 42.5 Å². The molecule has 0 unspecified atom stereocenters. The molecule has 1 heterocycles. The van der Waals surface area contributed by atoms with Gasteiger partial charge in [-0.15, -0.1) is 10.2 Å². The molecule has 4 rings (SSSR count). The lowest BCUT2D eigenvalue weighted by Gasteiger charge is -2.15. The molecule has 36 heavy (non-hydrogen) atoms. The molecule has 0 saturated carbocycles. The van der Waals surface area contributed by atoms with Gasteiger partial charge in [0.1, 0.15) is 35.0 Å². The normalized spacial score (nSPS) is 11.8. The summed E-state index contributed by atoms with van der Waals surface area (Å²) in [5.41, 5.74) is 2.03. The van der Waals surface area contributed by atoms with Gasteiger partial charge in [0.15, 0.2) is 5.16 Å². The van der Waals surface area contributed by atoms with Gasteiger partial charge in [-0.2, -0.15) is 0 Å². The zero-order chi connectivity index (χ0) is 25.5. The molecule has 1 aromatic heterocycles. The first-order valence-corrected chi connectivity index (χ1v) is 12.2. The van der Waals surface area contributed by atoms with Crippen LogP contribution in [0.2, 0.25) is 0 Å². The minimum Gasteiger partial charge on any atom is -0.494 e. The second-order valence-electron chi connectivity index (χ2n) is 7.86. The van der Waals surface area contributed by atoms with E-state index in [4.69, 9.17) is 9.47 Å². The van der Waals surface area contributed by atoms with Gasteiger partial charge in [-0.25, -0.2) is 4.39 Å². The zero-order valence-corrected chi connectivity index (χ0v) is 20.7. The zero-order valence-electron chi connectivity index (χ0n) is 19.8. The average Bonchev–Trinajstić information content (AvgIpc) is 3.23. The van der Waals surface area contributed by atoms with Gasteiger partial charge in [-0.05, 0) is 61.9 Å². The number of rotatable bonds is 11. The van der Waals surface area contributed by atoms with Crippen molar-refractivity contribution in [1.82, 2.24) is 14.8 Å². The largest absolute Gasteiger partial charge is 0.494 e. The average molecular weight is 509 g/mol. The Hall–Kier alpha value is -3.92. The summed E-state index contributed by atoms with van der Waals surface area (Å²) in [6.45, 7) is 4.11. The monoisotopic (exact) mass is 508 g/mol. The Morgan fingerprint density at radius 3 is 2.33 bits per heavy atom. The molecule has 0 fully saturated rings. The molecule has 3 aromatic carbocycles. The predicted octanol–water partition coefficient (Wildman–Crippen LogP) is 5.80. The number of hydrogen-bond acceptors (Lipinski definition) is 7. The van der Waals surface area contributed by atoms with Gasteiger partial charge in [-0.3, -0.25) is 14.7 Å². The predicted molar refractivity (Wildman–Crippen MR) is 135 cm³/mol. The molecule has 1 atom stereocenters. The van der Waals surface area contributed by atoms with Crippen LogP contribution in [0.3, 0.4) is 0 Å². The number of ether oxygens (including phenoxy) is 2. The molecule has 4 aromatic rings. The lowest BCUT2D eigenvalue weighted by Crippen LogP contribution is -2.11. The first-order chi connectivity index (χ1) is 17.4. The van der Waals surface area contributed by atoms with Crippen LogP contribution in [0.1, 0.15) is 29.1 Å². The van der Waals surface area contributed by atoms with Gasteiger partial charge in [0.25, 0.3) is 0 Å². The minimum absolute atomic E-state index is 0.0869. The number of halogens is 1. The first-order valence-electron chi connectivity index (χ1n) is 11.3. The Bertz CT molecular complexity index is 1310. The third-order valence-corrected chi connectivity index (χ3v) is 6.55. The quantitative estimate of drug-likeness (QED) is 0.144. The van der Waals surface area contributed by atoms with E-state index in [-0.39, 0.29) is 23.9 Å². The highest BCUT2D eigenvalue weighted by Gasteiger charge is 2.24. The smallest absolute Gasteiger partial charge is 0.220 e. The molecule has 186 valence electrons. The molecule has 0 amide bonds. The van der Waals surface area contributed by atoms with Crippen molar-refractivity contribution in [3.8, 4) is 17.2 Å². The molecule has 0 radical (unpaired) electrons. The van der Waals surface area contributed by atoms with Crippen LogP contribution in [-0.2, 0) is 6.61 Å². The van der Waals surface area contributed by atoms with Crippen LogP contribution >= 0.6 is 11.8 Å². The SMILES string of the molecule is CCOc1ccc(-n2c(C)nnc2S[C@H](C[N+](=O)[O-])c2ccc(OCc3ccccc3F)cc2)cc1. The van der Waals surface area contributed by atoms with Crippen molar-refractivity contribution in [2.75, 3.05) is 13.2 Å². The molecular formula is C26H25FN4O4S. The Balaban J connectivity index is 1.52. The fourth-order valence-corrected chi connectivity index (χ4v) is 4.78. The van der Waals surface area contributed by atoms with Crippen LogP contribution in [0, 0.1) is 22.9 Å². The van der Waals surface area contributed by atoms with Crippen molar-refractivity contribution in [3.05, 3.63) is 106 Å². The summed E-state index contributed by atoms with van der Waals surface area (Å²) in [6.07, 6.45) is 0. The van der Waals surface area contributed by atoms with Gasteiger partial charge in [0, 0.05) is 16.2 Å². The fourth-order valence-electron chi connectivity index (χ4n) is 3.60. The second-order valence-corrected chi connectivity index (χ2v) is 9.03. The van der Waals surface area contributed by atoms with E-state index in [1.807, 2.05) is 42.7 Å². The maximum Gasteiger partial charge on any atom is 0.220 e. The van der Waals surface area contributed by atoms with Crippen LogP contribution in [0.4, 0.5) is 4.39 Å². The highest BCUT2D eigenvalue weighted by Crippen LogP contribution is 2.36. The van der Waals surface area contributed by atoms with Crippen LogP contribution in [0.25, 0.3) is 5.69 Å². The number of thioether (sulfide) groups is 1. The van der Waals surface area contributed by atoms with Gasteiger partial charge in [-0.1, -0.05) is 42.1 Å². The van der Waals surface area contributed by atoms with Crippen LogP contribution in [0.5, 0.6) is 11.5 Å². The maximum atomic E-state index is 13.8. The lowest BCUT2D eigenvalue weighted by atomic mass is 10.1. The topological polar surface area (TPSA) is 92.3 Å². The van der Waals surface area contributed by atoms with Crippen molar-refractivity contribution in [2.24, 2.45) is 0 Å². The first kappa shape index (κ1) is 25.2. The molecule has 0 bridgehead atoms. The third kappa shape index (κ3) is 6.19. The van der Waals surface area contributed by atoms with Crippen LogP contribution in [-0.4, -0.2) is 32.8 Å². The summed E-state index contributed by atoms with van der Waals surface area (Å²) in [7, 11) is 0. The summed E-state index contributed by atoms with van der Waals surface area (Å²) >= 11 is 1.27. The highest BCUT2D eigenvalue weighted by atomic mass is 32.2. The van der Waals surface area contributed by atoms with E-state index in [0.717, 1.165) is 17.0 Å². The van der Waals surface area contributed by atoms with Crippen molar-refractivity contribution in [3.63, 3.8) is 0 Å². The lowest BCUT2D eigenvalue weighted by molar-refractivity contribution is -0.479. The maximum absolute atomic E-state index is 13.8. The molecule has 8 nitrogen and oxygen atoms in total. The number of hydrogen-bond donors (Lipinski definition) is 0. The second kappa shape index (κ2) is 11.7. The van der Waals surface area contributed by atoms with Crippen molar-refractivity contribution >= 4 is 11.8 Å². The number of nitro groups is 1. The highest BCUT2D eigenvalue weighted by molar-refractivity contribution is 7.99. The molecule has 0 aliphatic heterocycles. The summed E-state index contributed by atoms with van der Waals surface area (Å²) in [4.78, 5) is 11.1. The molecule has 10 heteroatoms. The van der Waals surface area contributed by atoms with Crippen molar-refractivity contribution < 1.29 is 18.8 Å². The molecule has 0 aliphatic carbocycles. The Morgan fingerprint density at radius 1 is 1.00 bits per heavy atom. The van der Waals surface area contributed by atoms with Gasteiger partial charge < -0.3 is 9.47 Å². The van der Waals surface area contributed by atoms with E-state index in [1.165, 1.54) is 17.8 Å². The number of aromatic nitrogens is 3. The standard InChI is InChI=1S/C26H25FN4O4S/c1-3-34-22-14-10-21(11-15-22)31-18(2)28-29-26(31)36-25(16-30(32)33)19-8-12-23(13-9-19)35-17-20-6-4-5-7-24(20)27/h4-15,25H,3,16-17H2,1-2H3/t25-/m1/s1. The molecule has 0 saturated heterocycles. The minimum atomic E-state index is -0.509. The fraction of sp³-hybridized carbons (Fsp3) is 0.231. The van der Waals surface area contributed by atoms with E-state index >= 15 is 0 Å². The van der Waals surface area contributed by atoms with E-state index < -0.39 is 5.25 Å². The van der Waals surface area contributed by atoms with Crippen molar-refractivity contribution in [2.45, 2.75) is 30.9 Å². The molecule has 0 aliphatic rings. The summed E-state index contributed by atoms with van der Waals surface area (Å²) in [5, 5.41) is 20.0. The summed E-state index contributed by atoms with van der Waals surface area (Å²) in [6, 6.07) is 21.0. The van der Waals surface area contributed by atoms with E-state index in [0.29, 0.717) is 28.9 Å². The van der Waals surface area contributed by atoms with Crippen LogP contribution in [0.15, 0.2) is 78.0 Å². The molecular weight excluding hydrogens is 483 g/mol. The third-order valence-electron chi connectivity index (χ3n) is 5.37. The summed E-state index contributed by atoms with van der Waals surface area (Å²) < 4.78 is 26.9. The Labute approximate surface area is 212 Å². The van der Waals surface area contributed by atoms with Crippen LogP contribution < -0.4 is 9.47 Å². The molecule has 0 N–H and O–H groups in total. The number of nitrogens with zero attached hydrogens (tertiary/aromatic N) is 4. The number of benzene rings is 3. The van der Waals surface area contributed by atoms with Gasteiger partial charge in [0.2, 0.25) is 6.54 Å². The summed E-state index contributed by atoms with van der Waals surface area (Å²) in [5.74, 6) is 1.63. The number of aryl methyl sites for hydroxylation is 1. The molecule has 0 spiro atoms. The van der Waals surface area contributed by atoms with Crippen molar-refractivity contribution in [1.29, 1.82) is 0 Å². The van der Waals surface area contributed by atoms with Gasteiger partial charge in [0.05, 0.1) is 6.61 Å². The Morgan fingerprint density at radius 2 is 1.67 bits per heavy atom. The Kier molecular flexibility index (Phi) is 8.17.